The first-order valence-corrected chi connectivity index (χ1v) is 8.35. The smallest absolute Gasteiger partial charge is 0.261 e. The van der Waals surface area contributed by atoms with E-state index < -0.39 is 10.0 Å². The monoisotopic (exact) mass is 344 g/mol. The molecule has 2 aromatic carbocycles. The third-order valence-corrected chi connectivity index (χ3v) is 5.23. The second-order valence-electron chi connectivity index (χ2n) is 4.50. The molecule has 2 aromatic rings. The Kier molecular flexibility index (Phi) is 4.78. The second kappa shape index (κ2) is 6.23. The van der Waals surface area contributed by atoms with Crippen LogP contribution in [0, 0.1) is 6.92 Å². The second-order valence-corrected chi connectivity index (χ2v) is 6.97. The van der Waals surface area contributed by atoms with Gasteiger partial charge in [0.1, 0.15) is 0 Å². The van der Waals surface area contributed by atoms with Gasteiger partial charge in [-0.1, -0.05) is 35.3 Å². The quantitative estimate of drug-likeness (QED) is 0.890. The molecule has 0 saturated heterocycles. The van der Waals surface area contributed by atoms with E-state index in [1.807, 2.05) is 6.92 Å². The van der Waals surface area contributed by atoms with Crippen LogP contribution in [0.1, 0.15) is 11.1 Å². The molecule has 0 fully saturated rings. The average molecular weight is 345 g/mol. The van der Waals surface area contributed by atoms with Gasteiger partial charge in [0.2, 0.25) is 0 Å². The number of nitrogens with two attached hydrogens (primary N) is 1. The number of benzene rings is 2. The zero-order valence-electron chi connectivity index (χ0n) is 11.2. The predicted octanol–water partition coefficient (Wildman–Crippen LogP) is 3.56. The zero-order valence-corrected chi connectivity index (χ0v) is 13.6. The highest BCUT2D eigenvalue weighted by molar-refractivity contribution is 7.92. The first-order valence-electron chi connectivity index (χ1n) is 6.11. The van der Waals surface area contributed by atoms with E-state index in [2.05, 4.69) is 4.72 Å². The fraction of sp³-hybridized carbons (Fsp3) is 0.143. The normalized spacial score (nSPS) is 11.4. The van der Waals surface area contributed by atoms with Gasteiger partial charge in [0, 0.05) is 6.54 Å². The number of nitrogens with one attached hydrogen (secondary N) is 1. The highest BCUT2D eigenvalue weighted by atomic mass is 35.5. The maximum absolute atomic E-state index is 12.4. The molecule has 0 amide bonds. The summed E-state index contributed by atoms with van der Waals surface area (Å²) < 4.78 is 27.2. The first kappa shape index (κ1) is 16.1. The molecule has 7 heteroatoms. The lowest BCUT2D eigenvalue weighted by Gasteiger charge is -2.12. The SMILES string of the molecule is Cc1ccc(S(=O)(=O)Nc2cccc(Cl)c2Cl)cc1CN. The predicted molar refractivity (Wildman–Crippen MR) is 86.3 cm³/mol. The number of aryl methyl sites for hydroxylation is 1. The lowest BCUT2D eigenvalue weighted by Crippen LogP contribution is -2.14. The minimum absolute atomic E-state index is 0.129. The molecule has 0 spiro atoms. The highest BCUT2D eigenvalue weighted by Crippen LogP contribution is 2.31. The molecule has 0 unspecified atom stereocenters. The van der Waals surface area contributed by atoms with E-state index >= 15 is 0 Å². The molecule has 0 saturated carbocycles. The van der Waals surface area contributed by atoms with Crippen molar-refractivity contribution in [2.75, 3.05) is 4.72 Å². The molecule has 0 aromatic heterocycles. The Balaban J connectivity index is 2.41. The number of halogens is 2. The van der Waals surface area contributed by atoms with Crippen LogP contribution in [0.15, 0.2) is 41.3 Å². The maximum Gasteiger partial charge on any atom is 0.261 e. The third-order valence-electron chi connectivity index (χ3n) is 3.05. The summed E-state index contributed by atoms with van der Waals surface area (Å²) in [6, 6.07) is 9.54. The number of anilines is 1. The van der Waals surface area contributed by atoms with Gasteiger partial charge in [-0.05, 0) is 42.3 Å². The summed E-state index contributed by atoms with van der Waals surface area (Å²) >= 11 is 11.9. The van der Waals surface area contributed by atoms with Gasteiger partial charge in [-0.15, -0.1) is 0 Å². The Labute approximate surface area is 133 Å². The minimum atomic E-state index is -3.75. The summed E-state index contributed by atoms with van der Waals surface area (Å²) in [6.07, 6.45) is 0. The maximum atomic E-state index is 12.4. The van der Waals surface area contributed by atoms with Crippen molar-refractivity contribution in [1.29, 1.82) is 0 Å². The Hall–Kier alpha value is -1.27. The molecule has 0 aliphatic carbocycles. The lowest BCUT2D eigenvalue weighted by atomic mass is 10.1. The van der Waals surface area contributed by atoms with Crippen LogP contribution in [-0.4, -0.2) is 8.42 Å². The molecule has 0 aliphatic rings. The van der Waals surface area contributed by atoms with Gasteiger partial charge >= 0.3 is 0 Å². The summed E-state index contributed by atoms with van der Waals surface area (Å²) in [7, 11) is -3.75. The molecule has 112 valence electrons. The van der Waals surface area contributed by atoms with Crippen molar-refractivity contribution in [2.45, 2.75) is 18.4 Å². The van der Waals surface area contributed by atoms with E-state index in [9.17, 15) is 8.42 Å². The van der Waals surface area contributed by atoms with Crippen molar-refractivity contribution >= 4 is 38.9 Å². The molecule has 0 aliphatic heterocycles. The molecule has 0 atom stereocenters. The minimum Gasteiger partial charge on any atom is -0.326 e. The van der Waals surface area contributed by atoms with Crippen molar-refractivity contribution in [1.82, 2.24) is 0 Å². The first-order chi connectivity index (χ1) is 9.85. The Bertz CT molecular complexity index is 777. The summed E-state index contributed by atoms with van der Waals surface area (Å²) in [5.41, 5.74) is 7.56. The summed E-state index contributed by atoms with van der Waals surface area (Å²) in [5.74, 6) is 0. The summed E-state index contributed by atoms with van der Waals surface area (Å²) in [5, 5.41) is 0.442. The molecule has 4 nitrogen and oxygen atoms in total. The number of hydrogen-bond donors (Lipinski definition) is 2. The standard InChI is InChI=1S/C14H14Cl2N2O2S/c1-9-5-6-11(7-10(9)8-17)21(19,20)18-13-4-2-3-12(15)14(13)16/h2-7,18H,8,17H2,1H3. The van der Waals surface area contributed by atoms with Crippen molar-refractivity contribution < 1.29 is 8.42 Å². The van der Waals surface area contributed by atoms with E-state index in [1.165, 1.54) is 6.07 Å². The topological polar surface area (TPSA) is 72.2 Å². The number of rotatable bonds is 4. The number of sulfonamides is 1. The molecule has 0 heterocycles. The molecule has 2 rings (SSSR count). The highest BCUT2D eigenvalue weighted by Gasteiger charge is 2.17. The fourth-order valence-corrected chi connectivity index (χ4v) is 3.35. The van der Waals surface area contributed by atoms with E-state index in [4.69, 9.17) is 28.9 Å². The van der Waals surface area contributed by atoms with Crippen LogP contribution < -0.4 is 10.5 Å². The van der Waals surface area contributed by atoms with E-state index in [0.29, 0.717) is 0 Å². The van der Waals surface area contributed by atoms with Crippen molar-refractivity contribution in [3.8, 4) is 0 Å². The molecular weight excluding hydrogens is 331 g/mol. The van der Waals surface area contributed by atoms with Crippen LogP contribution in [-0.2, 0) is 16.6 Å². The lowest BCUT2D eigenvalue weighted by molar-refractivity contribution is 0.601. The van der Waals surface area contributed by atoms with Crippen molar-refractivity contribution in [2.24, 2.45) is 5.73 Å². The third kappa shape index (κ3) is 3.49. The van der Waals surface area contributed by atoms with Crippen LogP contribution >= 0.6 is 23.2 Å². The van der Waals surface area contributed by atoms with Crippen LogP contribution in [0.3, 0.4) is 0 Å². The Morgan fingerprint density at radius 1 is 1.19 bits per heavy atom. The van der Waals surface area contributed by atoms with Gasteiger partial charge in [-0.3, -0.25) is 4.72 Å². The molecule has 3 N–H and O–H groups in total. The van der Waals surface area contributed by atoms with E-state index in [0.717, 1.165) is 11.1 Å². The van der Waals surface area contributed by atoms with Gasteiger partial charge < -0.3 is 5.73 Å². The fourth-order valence-electron chi connectivity index (χ4n) is 1.82. The van der Waals surface area contributed by atoms with E-state index in [-0.39, 0.29) is 27.2 Å². The van der Waals surface area contributed by atoms with E-state index in [1.54, 1.807) is 30.3 Å². The zero-order chi connectivity index (χ0) is 15.6. The summed E-state index contributed by atoms with van der Waals surface area (Å²) in [4.78, 5) is 0.129. The Morgan fingerprint density at radius 3 is 2.57 bits per heavy atom. The van der Waals surface area contributed by atoms with Gasteiger partial charge in [-0.2, -0.15) is 0 Å². The van der Waals surface area contributed by atoms with Crippen molar-refractivity contribution in [3.05, 3.63) is 57.6 Å². The molecular formula is C14H14Cl2N2O2S. The molecule has 0 radical (unpaired) electrons. The van der Waals surface area contributed by atoms with Crippen molar-refractivity contribution in [3.63, 3.8) is 0 Å². The van der Waals surface area contributed by atoms with Gasteiger partial charge in [-0.25, -0.2) is 8.42 Å². The average Bonchev–Trinajstić information content (AvgIpc) is 2.44. The van der Waals surface area contributed by atoms with Crippen LogP contribution in [0.5, 0.6) is 0 Å². The summed E-state index contributed by atoms with van der Waals surface area (Å²) in [6.45, 7) is 2.15. The molecule has 0 bridgehead atoms. The van der Waals surface area contributed by atoms with Crippen LogP contribution in [0.4, 0.5) is 5.69 Å². The van der Waals surface area contributed by atoms with Gasteiger partial charge in [0.25, 0.3) is 10.0 Å². The van der Waals surface area contributed by atoms with Crippen LogP contribution in [0.25, 0.3) is 0 Å². The van der Waals surface area contributed by atoms with Crippen LogP contribution in [0.2, 0.25) is 10.0 Å². The largest absolute Gasteiger partial charge is 0.326 e. The molecule has 21 heavy (non-hydrogen) atoms. The van der Waals surface area contributed by atoms with Gasteiger partial charge in [0.05, 0.1) is 20.6 Å². The number of hydrogen-bond acceptors (Lipinski definition) is 3. The Morgan fingerprint density at radius 2 is 1.90 bits per heavy atom. The van der Waals surface area contributed by atoms with Gasteiger partial charge in [0.15, 0.2) is 0 Å².